The fourth-order valence-corrected chi connectivity index (χ4v) is 4.13. The van der Waals surface area contributed by atoms with Crippen LogP contribution in [0.1, 0.15) is 49.5 Å². The first-order chi connectivity index (χ1) is 11.3. The highest BCUT2D eigenvalue weighted by Gasteiger charge is 2.27. The summed E-state index contributed by atoms with van der Waals surface area (Å²) < 4.78 is 5.17. The van der Waals surface area contributed by atoms with Crippen molar-refractivity contribution >= 4 is 12.2 Å². The number of fused-ring (bicyclic) bond motifs is 1. The lowest BCUT2D eigenvalue weighted by molar-refractivity contribution is 0.189. The van der Waals surface area contributed by atoms with Crippen LogP contribution in [0.15, 0.2) is 24.5 Å². The van der Waals surface area contributed by atoms with Crippen molar-refractivity contribution in [3.05, 3.63) is 40.7 Å². The van der Waals surface area contributed by atoms with Crippen LogP contribution in [0.4, 0.5) is 0 Å². The normalized spacial score (nSPS) is 22.0. The molecule has 0 bridgehead atoms. The molecular formula is C17H23N5S. The molecule has 2 aliphatic rings. The fourth-order valence-electron chi connectivity index (χ4n) is 3.84. The molecule has 4 rings (SSSR count). The molecule has 0 aromatic carbocycles. The molecule has 2 aliphatic heterocycles. The summed E-state index contributed by atoms with van der Waals surface area (Å²) in [6.45, 7) is 2.92. The number of pyridine rings is 1. The van der Waals surface area contributed by atoms with Gasteiger partial charge in [0, 0.05) is 37.9 Å². The van der Waals surface area contributed by atoms with E-state index in [4.69, 9.17) is 17.3 Å². The van der Waals surface area contributed by atoms with Crippen molar-refractivity contribution in [1.82, 2.24) is 24.2 Å². The van der Waals surface area contributed by atoms with Gasteiger partial charge in [0.25, 0.3) is 0 Å². The molecule has 4 heterocycles. The van der Waals surface area contributed by atoms with Gasteiger partial charge in [-0.05, 0) is 49.5 Å². The zero-order valence-electron chi connectivity index (χ0n) is 13.4. The molecule has 1 fully saturated rings. The third kappa shape index (κ3) is 2.97. The van der Waals surface area contributed by atoms with Crippen molar-refractivity contribution < 1.29 is 0 Å². The predicted octanol–water partition coefficient (Wildman–Crippen LogP) is 3.33. The van der Waals surface area contributed by atoms with E-state index in [0.29, 0.717) is 6.04 Å². The lowest BCUT2D eigenvalue weighted by Gasteiger charge is -2.24. The van der Waals surface area contributed by atoms with Crippen molar-refractivity contribution in [3.63, 3.8) is 0 Å². The van der Waals surface area contributed by atoms with Gasteiger partial charge in [0.05, 0.1) is 6.67 Å². The topological polar surface area (TPSA) is 38.9 Å². The van der Waals surface area contributed by atoms with Crippen LogP contribution >= 0.6 is 12.2 Å². The number of likely N-dealkylation sites (tertiary alicyclic amines) is 1. The van der Waals surface area contributed by atoms with E-state index in [2.05, 4.69) is 20.5 Å². The highest BCUT2D eigenvalue weighted by molar-refractivity contribution is 7.71. The van der Waals surface area contributed by atoms with Gasteiger partial charge < -0.3 is 4.57 Å². The molecular weight excluding hydrogens is 306 g/mol. The first-order valence-electron chi connectivity index (χ1n) is 8.63. The quantitative estimate of drug-likeness (QED) is 0.810. The Balaban J connectivity index is 1.57. The number of nitrogens with zero attached hydrogens (tertiary/aromatic N) is 5. The molecule has 0 aliphatic carbocycles. The van der Waals surface area contributed by atoms with E-state index < -0.39 is 0 Å². The van der Waals surface area contributed by atoms with E-state index in [0.717, 1.165) is 31.0 Å². The Morgan fingerprint density at radius 1 is 1.17 bits per heavy atom. The van der Waals surface area contributed by atoms with Gasteiger partial charge in [-0.15, -0.1) is 0 Å². The summed E-state index contributed by atoms with van der Waals surface area (Å²) in [7, 11) is 0. The minimum Gasteiger partial charge on any atom is -0.304 e. The predicted molar refractivity (Wildman–Crippen MR) is 91.5 cm³/mol. The number of aryl methyl sites for hydroxylation is 1. The van der Waals surface area contributed by atoms with Gasteiger partial charge in [-0.25, -0.2) is 4.68 Å². The highest BCUT2D eigenvalue weighted by Crippen LogP contribution is 2.31. The monoisotopic (exact) mass is 329 g/mol. The maximum Gasteiger partial charge on any atom is 0.199 e. The molecule has 1 saturated heterocycles. The zero-order chi connectivity index (χ0) is 15.6. The summed E-state index contributed by atoms with van der Waals surface area (Å²) in [5.41, 5.74) is 1.30. The minimum atomic E-state index is 0.437. The number of rotatable bonds is 3. The van der Waals surface area contributed by atoms with Crippen LogP contribution in [0.3, 0.4) is 0 Å². The van der Waals surface area contributed by atoms with Crippen molar-refractivity contribution in [3.8, 4) is 0 Å². The first-order valence-corrected chi connectivity index (χ1v) is 9.04. The molecule has 0 amide bonds. The van der Waals surface area contributed by atoms with Crippen molar-refractivity contribution in [2.45, 2.75) is 57.8 Å². The van der Waals surface area contributed by atoms with E-state index in [-0.39, 0.29) is 0 Å². The van der Waals surface area contributed by atoms with Crippen LogP contribution in [0.25, 0.3) is 0 Å². The second-order valence-corrected chi connectivity index (χ2v) is 6.92. The molecule has 0 N–H and O–H groups in total. The Morgan fingerprint density at radius 2 is 2.13 bits per heavy atom. The number of hydrogen-bond donors (Lipinski definition) is 0. The van der Waals surface area contributed by atoms with Crippen molar-refractivity contribution in [1.29, 1.82) is 0 Å². The molecule has 0 saturated carbocycles. The van der Waals surface area contributed by atoms with Crippen LogP contribution in [0, 0.1) is 4.77 Å². The van der Waals surface area contributed by atoms with Crippen LogP contribution in [-0.4, -0.2) is 30.8 Å². The van der Waals surface area contributed by atoms with Crippen LogP contribution < -0.4 is 0 Å². The van der Waals surface area contributed by atoms with E-state index in [1.807, 2.05) is 23.1 Å². The second-order valence-electron chi connectivity index (χ2n) is 6.56. The lowest BCUT2D eigenvalue weighted by atomic mass is 10.1. The van der Waals surface area contributed by atoms with E-state index in [9.17, 15) is 0 Å². The third-order valence-electron chi connectivity index (χ3n) is 5.03. The number of aromatic nitrogens is 4. The Kier molecular flexibility index (Phi) is 4.27. The van der Waals surface area contributed by atoms with Gasteiger partial charge in [-0.1, -0.05) is 12.5 Å². The molecule has 2 aromatic rings. The Morgan fingerprint density at radius 3 is 3.00 bits per heavy atom. The van der Waals surface area contributed by atoms with Crippen LogP contribution in [0.2, 0.25) is 0 Å². The summed E-state index contributed by atoms with van der Waals surface area (Å²) >= 11 is 5.69. The molecule has 5 nitrogen and oxygen atoms in total. The molecule has 0 radical (unpaired) electrons. The van der Waals surface area contributed by atoms with Crippen LogP contribution in [-0.2, 0) is 19.6 Å². The SMILES string of the molecule is S=c1n(CN2CCC[C@H]2c2cccnc2)nc2n1CCCCC2. The first kappa shape index (κ1) is 15.0. The van der Waals surface area contributed by atoms with E-state index >= 15 is 0 Å². The number of hydrogen-bond acceptors (Lipinski definition) is 4. The van der Waals surface area contributed by atoms with Gasteiger partial charge >= 0.3 is 0 Å². The van der Waals surface area contributed by atoms with Gasteiger partial charge in [0.2, 0.25) is 0 Å². The van der Waals surface area contributed by atoms with Gasteiger partial charge in [-0.2, -0.15) is 5.10 Å². The molecule has 122 valence electrons. The Bertz CT molecular complexity index is 720. The molecule has 0 spiro atoms. The zero-order valence-corrected chi connectivity index (χ0v) is 14.2. The van der Waals surface area contributed by atoms with E-state index in [1.54, 1.807) is 0 Å². The summed E-state index contributed by atoms with van der Waals surface area (Å²) in [5.74, 6) is 1.17. The maximum absolute atomic E-state index is 5.69. The van der Waals surface area contributed by atoms with Crippen molar-refractivity contribution in [2.24, 2.45) is 0 Å². The molecule has 1 atom stereocenters. The third-order valence-corrected chi connectivity index (χ3v) is 5.46. The molecule has 23 heavy (non-hydrogen) atoms. The second kappa shape index (κ2) is 6.53. The molecule has 0 unspecified atom stereocenters. The van der Waals surface area contributed by atoms with E-state index in [1.165, 1.54) is 43.5 Å². The summed E-state index contributed by atoms with van der Waals surface area (Å²) in [6, 6.07) is 4.64. The summed E-state index contributed by atoms with van der Waals surface area (Å²) in [5, 5.41) is 4.82. The van der Waals surface area contributed by atoms with Crippen LogP contribution in [0.5, 0.6) is 0 Å². The Labute approximate surface area is 142 Å². The average Bonchev–Trinajstić information content (AvgIpc) is 3.06. The average molecular weight is 329 g/mol. The molecule has 2 aromatic heterocycles. The van der Waals surface area contributed by atoms with Gasteiger partial charge in [0.15, 0.2) is 4.77 Å². The standard InChI is InChI=1S/C17H23N5S/c23-17-21-11-3-1-2-8-16(21)19-22(17)13-20-10-5-7-15(20)14-6-4-9-18-12-14/h4,6,9,12,15H,1-3,5,7-8,10-11,13H2/t15-/m0/s1. The highest BCUT2D eigenvalue weighted by atomic mass is 32.1. The van der Waals surface area contributed by atoms with Gasteiger partial charge in [-0.3, -0.25) is 9.88 Å². The largest absolute Gasteiger partial charge is 0.304 e. The van der Waals surface area contributed by atoms with Gasteiger partial charge in [0.1, 0.15) is 5.82 Å². The fraction of sp³-hybridized carbons (Fsp3) is 0.588. The Hall–Kier alpha value is -1.53. The molecule has 6 heteroatoms. The minimum absolute atomic E-state index is 0.437. The lowest BCUT2D eigenvalue weighted by Crippen LogP contribution is -2.27. The van der Waals surface area contributed by atoms with Crippen molar-refractivity contribution in [2.75, 3.05) is 6.54 Å². The smallest absolute Gasteiger partial charge is 0.199 e. The summed E-state index contributed by atoms with van der Waals surface area (Å²) in [4.78, 5) is 6.76. The summed E-state index contributed by atoms with van der Waals surface area (Å²) in [6.07, 6.45) is 11.0. The maximum atomic E-state index is 5.69.